The Hall–Kier alpha value is -1.99. The molecule has 0 bridgehead atoms. The molecule has 0 atom stereocenters. The van der Waals surface area contributed by atoms with Crippen LogP contribution < -0.4 is 0 Å². The van der Waals surface area contributed by atoms with Crippen LogP contribution in [0.25, 0.3) is 16.9 Å². The van der Waals surface area contributed by atoms with Crippen molar-refractivity contribution in [3.8, 4) is 0 Å². The SMILES string of the molecule is CCCCCCC1=C(c2cccc(CCCC)c2)[N+](=[N-])C(c2cccc(CCCC)c2)=C1CCCC.[CH2-]CCCCCCCCCCCCCCCCCC.[CH2-]CCCCCCCCCCCCCCCCCC.[Ni+2]. The Kier molecular flexibility index (Phi) is 53.9. The molecule has 0 unspecified atom stereocenters. The van der Waals surface area contributed by atoms with Gasteiger partial charge >= 0.3 is 16.5 Å². The van der Waals surface area contributed by atoms with Crippen LogP contribution in [0.3, 0.4) is 0 Å². The Balaban J connectivity index is 0.00000120. The minimum absolute atomic E-state index is 0. The molecule has 3 rings (SSSR count). The van der Waals surface area contributed by atoms with Crippen molar-refractivity contribution in [2.75, 3.05) is 0 Å². The van der Waals surface area contributed by atoms with Crippen molar-refractivity contribution in [1.29, 1.82) is 0 Å². The summed E-state index contributed by atoms with van der Waals surface area (Å²) in [7, 11) is 0. The number of hydrogen-bond acceptors (Lipinski definition) is 0. The average molecular weight is 1080 g/mol. The zero-order valence-corrected chi connectivity index (χ0v) is 52.2. The third-order valence-electron chi connectivity index (χ3n) is 15.7. The van der Waals surface area contributed by atoms with E-state index in [4.69, 9.17) is 0 Å². The molecule has 0 N–H and O–H groups in total. The number of rotatable bonds is 48. The first-order valence-corrected chi connectivity index (χ1v) is 33.2. The second-order valence-electron chi connectivity index (χ2n) is 22.8. The van der Waals surface area contributed by atoms with Crippen LogP contribution in [0.4, 0.5) is 0 Å². The second kappa shape index (κ2) is 55.3. The smallest absolute Gasteiger partial charge is 0.493 e. The molecule has 0 radical (unpaired) electrons. The van der Waals surface area contributed by atoms with Crippen molar-refractivity contribution in [2.45, 2.75) is 350 Å². The molecule has 75 heavy (non-hydrogen) atoms. The molecule has 1 heterocycles. The fourth-order valence-electron chi connectivity index (χ4n) is 10.8. The van der Waals surface area contributed by atoms with Gasteiger partial charge in [-0.15, -0.1) is 0 Å². The molecule has 2 aromatic carbocycles. The fourth-order valence-corrected chi connectivity index (χ4v) is 10.8. The largest absolute Gasteiger partial charge is 2.00 e. The van der Waals surface area contributed by atoms with Gasteiger partial charge in [0, 0.05) is 22.3 Å². The van der Waals surface area contributed by atoms with Gasteiger partial charge in [-0.1, -0.05) is 310 Å². The van der Waals surface area contributed by atoms with Gasteiger partial charge in [0.05, 0.1) is 0 Å². The Morgan fingerprint density at radius 2 is 0.547 bits per heavy atom. The quantitative estimate of drug-likeness (QED) is 0.0273. The molecular weight excluding hydrogens is 951 g/mol. The molecule has 0 aliphatic carbocycles. The Morgan fingerprint density at radius 1 is 0.307 bits per heavy atom. The summed E-state index contributed by atoms with van der Waals surface area (Å²) >= 11 is 0. The Bertz CT molecular complexity index is 1550. The molecule has 2 aromatic rings. The van der Waals surface area contributed by atoms with Crippen LogP contribution in [0, 0.1) is 13.8 Å². The maximum atomic E-state index is 11.8. The molecule has 0 aromatic heterocycles. The van der Waals surface area contributed by atoms with Gasteiger partial charge in [-0.2, -0.15) is 12.8 Å². The molecule has 0 saturated heterocycles. The van der Waals surface area contributed by atoms with Crippen LogP contribution >= 0.6 is 0 Å². The summed E-state index contributed by atoms with van der Waals surface area (Å²) in [6.45, 7) is 21.4. The van der Waals surface area contributed by atoms with Gasteiger partial charge in [0.25, 0.3) is 0 Å². The van der Waals surface area contributed by atoms with E-state index in [-0.39, 0.29) is 16.5 Å². The number of benzene rings is 2. The minimum Gasteiger partial charge on any atom is -0.493 e. The molecule has 0 amide bonds. The number of nitrogens with zero attached hydrogens (tertiary/aromatic N) is 2. The van der Waals surface area contributed by atoms with E-state index in [0.29, 0.717) is 0 Å². The van der Waals surface area contributed by atoms with E-state index >= 15 is 0 Å². The molecule has 0 spiro atoms. The van der Waals surface area contributed by atoms with E-state index in [2.05, 4.69) is 104 Å². The van der Waals surface area contributed by atoms with E-state index in [1.807, 2.05) is 0 Å². The Morgan fingerprint density at radius 3 is 0.827 bits per heavy atom. The summed E-state index contributed by atoms with van der Waals surface area (Å²) in [5.41, 5.74) is 21.6. The van der Waals surface area contributed by atoms with Gasteiger partial charge in [0.1, 0.15) is 0 Å². The van der Waals surface area contributed by atoms with Gasteiger partial charge in [-0.25, -0.2) is 4.70 Å². The topological polar surface area (TPSA) is 25.3 Å². The van der Waals surface area contributed by atoms with Crippen molar-refractivity contribution in [1.82, 2.24) is 0 Å². The van der Waals surface area contributed by atoms with Crippen molar-refractivity contribution in [3.05, 3.63) is 101 Å². The average Bonchev–Trinajstić information content (AvgIpc) is 3.70. The monoisotopic (exact) mass is 1080 g/mol. The van der Waals surface area contributed by atoms with E-state index in [9.17, 15) is 5.53 Å². The predicted octanol–water partition coefficient (Wildman–Crippen LogP) is 25.6. The van der Waals surface area contributed by atoms with Crippen LogP contribution in [-0.4, -0.2) is 4.70 Å². The number of unbranched alkanes of at least 4 members (excludes halogenated alkanes) is 38. The van der Waals surface area contributed by atoms with Crippen LogP contribution in [-0.2, 0) is 29.3 Å². The van der Waals surface area contributed by atoms with E-state index in [1.165, 1.54) is 279 Å². The third-order valence-corrected chi connectivity index (χ3v) is 15.7. The van der Waals surface area contributed by atoms with Crippen molar-refractivity contribution >= 4 is 11.4 Å². The third kappa shape index (κ3) is 38.3. The molecule has 3 heteroatoms. The van der Waals surface area contributed by atoms with Gasteiger partial charge in [0.15, 0.2) is 0 Å². The maximum absolute atomic E-state index is 11.8. The molecule has 0 fully saturated rings. The molecule has 434 valence electrons. The van der Waals surface area contributed by atoms with Crippen LogP contribution in [0.5, 0.6) is 0 Å². The van der Waals surface area contributed by atoms with E-state index in [1.54, 1.807) is 4.70 Å². The normalized spacial score (nSPS) is 12.2. The first-order chi connectivity index (χ1) is 36.5. The van der Waals surface area contributed by atoms with Crippen molar-refractivity contribution < 1.29 is 21.2 Å². The van der Waals surface area contributed by atoms with Crippen LogP contribution in [0.15, 0.2) is 59.7 Å². The minimum atomic E-state index is 0. The first-order valence-electron chi connectivity index (χ1n) is 33.2. The van der Waals surface area contributed by atoms with Crippen molar-refractivity contribution in [2.24, 2.45) is 0 Å². The summed E-state index contributed by atoms with van der Waals surface area (Å²) in [6, 6.07) is 17.8. The van der Waals surface area contributed by atoms with Gasteiger partial charge in [0.2, 0.25) is 11.4 Å². The van der Waals surface area contributed by atoms with Crippen molar-refractivity contribution in [3.63, 3.8) is 0 Å². The number of hydrogen-bond donors (Lipinski definition) is 0. The van der Waals surface area contributed by atoms with Gasteiger partial charge < -0.3 is 19.4 Å². The first kappa shape index (κ1) is 73.0. The number of allylic oxidation sites excluding steroid dienone is 2. The molecule has 1 aliphatic rings. The van der Waals surface area contributed by atoms with Crippen LogP contribution in [0.1, 0.15) is 359 Å². The summed E-state index contributed by atoms with van der Waals surface area (Å²) in [5.74, 6) is 0. The second-order valence-corrected chi connectivity index (χ2v) is 22.8. The predicted molar refractivity (Wildman–Crippen MR) is 335 cm³/mol. The summed E-state index contributed by atoms with van der Waals surface area (Å²) in [5, 5.41) is 0. The number of aryl methyl sites for hydroxylation is 2. The maximum Gasteiger partial charge on any atom is 2.00 e. The molecule has 2 nitrogen and oxygen atoms in total. The fraction of sp³-hybridized carbons (Fsp3) is 0.750. The van der Waals surface area contributed by atoms with Crippen LogP contribution in [0.2, 0.25) is 0 Å². The molecule has 0 saturated carbocycles. The summed E-state index contributed by atoms with van der Waals surface area (Å²) < 4.78 is 1.55. The Labute approximate surface area is 481 Å². The summed E-state index contributed by atoms with van der Waals surface area (Å²) in [6.07, 6.45) is 64.9. The van der Waals surface area contributed by atoms with E-state index < -0.39 is 0 Å². The standard InChI is InChI=1S/C34H48N2.2C19H39.Ni/c1-5-9-13-14-24-32-31(23-12-8-4)33(29-21-15-19-27(25-29)17-10-6-2)36(35)34(32)30-22-16-20-28(26-30)18-11-7-3;2*1-3-5-7-9-11-13-15-17-19-18-16-14-12-10-8-6-4-2;/h15-16,19-22,25-26H,5-14,17-18,23-24H2,1-4H3;2*1,3-19H2,2H3;/q;2*-1;+2. The zero-order valence-electron chi connectivity index (χ0n) is 51.2. The van der Waals surface area contributed by atoms with Gasteiger partial charge in [-0.05, 0) is 86.8 Å². The van der Waals surface area contributed by atoms with E-state index in [0.717, 1.165) is 73.9 Å². The summed E-state index contributed by atoms with van der Waals surface area (Å²) in [4.78, 5) is 0. The molecular formula is C72H126N2Ni. The van der Waals surface area contributed by atoms with Gasteiger partial charge in [-0.3, -0.25) is 0 Å². The zero-order chi connectivity index (χ0) is 53.8. The molecule has 1 aliphatic heterocycles.